The van der Waals surface area contributed by atoms with Gasteiger partial charge in [0.2, 0.25) is 17.7 Å². The molecule has 0 spiro atoms. The SMILES string of the molecule is CCC(=O)NC1CN(C(=O)NC)CCC2CCC(C(=O)NC3CCCCC3c3ccccc3)N2C1=O. The van der Waals surface area contributed by atoms with Crippen molar-refractivity contribution in [3.63, 3.8) is 0 Å². The monoisotopic (exact) mass is 497 g/mol. The van der Waals surface area contributed by atoms with Gasteiger partial charge in [-0.2, -0.15) is 0 Å². The van der Waals surface area contributed by atoms with Gasteiger partial charge in [-0.1, -0.05) is 50.1 Å². The van der Waals surface area contributed by atoms with Crippen molar-refractivity contribution in [1.29, 1.82) is 0 Å². The lowest BCUT2D eigenvalue weighted by Crippen LogP contribution is -2.62. The van der Waals surface area contributed by atoms with Crippen molar-refractivity contribution in [2.75, 3.05) is 20.1 Å². The van der Waals surface area contributed by atoms with Gasteiger partial charge in [-0.15, -0.1) is 0 Å². The van der Waals surface area contributed by atoms with Crippen LogP contribution in [0.5, 0.6) is 0 Å². The minimum atomic E-state index is -0.877. The van der Waals surface area contributed by atoms with Crippen LogP contribution in [-0.4, -0.2) is 77.9 Å². The van der Waals surface area contributed by atoms with Crippen molar-refractivity contribution >= 4 is 23.8 Å². The van der Waals surface area contributed by atoms with Crippen LogP contribution < -0.4 is 16.0 Å². The molecule has 2 saturated heterocycles. The number of rotatable bonds is 5. The summed E-state index contributed by atoms with van der Waals surface area (Å²) in [7, 11) is 1.55. The predicted octanol–water partition coefficient (Wildman–Crippen LogP) is 2.13. The molecule has 1 aliphatic carbocycles. The van der Waals surface area contributed by atoms with Crippen LogP contribution in [0, 0.1) is 0 Å². The largest absolute Gasteiger partial charge is 0.351 e. The fourth-order valence-electron chi connectivity index (χ4n) is 6.06. The van der Waals surface area contributed by atoms with Crippen molar-refractivity contribution < 1.29 is 19.2 Å². The number of hydrogen-bond donors (Lipinski definition) is 3. The summed E-state index contributed by atoms with van der Waals surface area (Å²) in [5.41, 5.74) is 1.24. The van der Waals surface area contributed by atoms with Gasteiger partial charge in [0, 0.05) is 38.0 Å². The highest BCUT2D eigenvalue weighted by atomic mass is 16.2. The van der Waals surface area contributed by atoms with Gasteiger partial charge < -0.3 is 25.8 Å². The maximum atomic E-state index is 13.8. The molecule has 196 valence electrons. The summed E-state index contributed by atoms with van der Waals surface area (Å²) in [6.45, 7) is 2.27. The number of benzene rings is 1. The van der Waals surface area contributed by atoms with Gasteiger partial charge in [0.05, 0.1) is 6.54 Å². The number of nitrogens with zero attached hydrogens (tertiary/aromatic N) is 2. The van der Waals surface area contributed by atoms with Crippen LogP contribution in [0.1, 0.15) is 69.8 Å². The van der Waals surface area contributed by atoms with Crippen LogP contribution in [0.2, 0.25) is 0 Å². The van der Waals surface area contributed by atoms with Gasteiger partial charge in [-0.3, -0.25) is 14.4 Å². The Bertz CT molecular complexity index is 955. The first-order chi connectivity index (χ1) is 17.4. The highest BCUT2D eigenvalue weighted by Gasteiger charge is 2.46. The third-order valence-electron chi connectivity index (χ3n) is 7.97. The minimum Gasteiger partial charge on any atom is -0.351 e. The van der Waals surface area contributed by atoms with Crippen molar-refractivity contribution in [1.82, 2.24) is 25.8 Å². The van der Waals surface area contributed by atoms with Crippen LogP contribution in [0.3, 0.4) is 0 Å². The Morgan fingerprint density at radius 1 is 0.972 bits per heavy atom. The molecular weight excluding hydrogens is 458 g/mol. The summed E-state index contributed by atoms with van der Waals surface area (Å²) in [6, 6.07) is 8.52. The van der Waals surface area contributed by atoms with E-state index >= 15 is 0 Å². The van der Waals surface area contributed by atoms with E-state index in [1.165, 1.54) is 5.56 Å². The van der Waals surface area contributed by atoms with Crippen LogP contribution in [0.15, 0.2) is 30.3 Å². The van der Waals surface area contributed by atoms with Crippen molar-refractivity contribution in [3.05, 3.63) is 35.9 Å². The highest BCUT2D eigenvalue weighted by molar-refractivity contribution is 5.93. The Morgan fingerprint density at radius 2 is 1.72 bits per heavy atom. The van der Waals surface area contributed by atoms with E-state index in [-0.39, 0.29) is 54.7 Å². The first kappa shape index (κ1) is 26.0. The number of amides is 5. The molecule has 9 heteroatoms. The molecule has 2 heterocycles. The zero-order valence-corrected chi connectivity index (χ0v) is 21.4. The summed E-state index contributed by atoms with van der Waals surface area (Å²) in [6.07, 6.45) is 6.30. The highest BCUT2D eigenvalue weighted by Crippen LogP contribution is 2.34. The maximum Gasteiger partial charge on any atom is 0.317 e. The molecular formula is C27H39N5O4. The first-order valence-corrected chi connectivity index (χ1v) is 13.4. The molecule has 3 N–H and O–H groups in total. The van der Waals surface area contributed by atoms with Crippen LogP contribution in [0.25, 0.3) is 0 Å². The van der Waals surface area contributed by atoms with Crippen LogP contribution in [-0.2, 0) is 14.4 Å². The molecule has 9 nitrogen and oxygen atoms in total. The second kappa shape index (κ2) is 11.8. The Hall–Kier alpha value is -3.10. The normalized spacial score (nSPS) is 28.5. The summed E-state index contributed by atoms with van der Waals surface area (Å²) in [5.74, 6) is -0.378. The quantitative estimate of drug-likeness (QED) is 0.579. The van der Waals surface area contributed by atoms with Crippen LogP contribution >= 0.6 is 0 Å². The van der Waals surface area contributed by atoms with E-state index in [1.807, 2.05) is 18.2 Å². The van der Waals surface area contributed by atoms with Gasteiger partial charge in [0.25, 0.3) is 0 Å². The smallest absolute Gasteiger partial charge is 0.317 e. The molecule has 2 aliphatic heterocycles. The summed E-state index contributed by atoms with van der Waals surface area (Å²) in [5, 5.41) is 8.72. The molecule has 3 aliphatic rings. The molecule has 1 aromatic carbocycles. The Balaban J connectivity index is 1.52. The molecule has 4 rings (SSSR count). The fourth-order valence-corrected chi connectivity index (χ4v) is 6.06. The van der Waals surface area contributed by atoms with Gasteiger partial charge in [0.15, 0.2) is 0 Å². The van der Waals surface area contributed by atoms with Gasteiger partial charge in [0.1, 0.15) is 12.1 Å². The maximum absolute atomic E-state index is 13.8. The van der Waals surface area contributed by atoms with E-state index in [2.05, 4.69) is 28.1 Å². The molecule has 1 saturated carbocycles. The number of fused-ring (bicyclic) bond motifs is 1. The molecule has 5 atom stereocenters. The lowest BCUT2D eigenvalue weighted by atomic mass is 9.80. The number of nitrogens with one attached hydrogen (secondary N) is 3. The van der Waals surface area contributed by atoms with Crippen molar-refractivity contribution in [3.8, 4) is 0 Å². The number of hydrogen-bond acceptors (Lipinski definition) is 4. The Kier molecular flexibility index (Phi) is 8.48. The minimum absolute atomic E-state index is 0.0388. The summed E-state index contributed by atoms with van der Waals surface area (Å²) < 4.78 is 0. The average molecular weight is 498 g/mol. The van der Waals surface area contributed by atoms with Gasteiger partial charge >= 0.3 is 6.03 Å². The first-order valence-electron chi connectivity index (χ1n) is 13.4. The van der Waals surface area contributed by atoms with E-state index in [0.717, 1.165) is 25.7 Å². The molecule has 1 aromatic rings. The molecule has 0 bridgehead atoms. The Morgan fingerprint density at radius 3 is 2.44 bits per heavy atom. The lowest BCUT2D eigenvalue weighted by molar-refractivity contribution is -0.144. The van der Waals surface area contributed by atoms with E-state index in [1.54, 1.807) is 23.8 Å². The van der Waals surface area contributed by atoms with E-state index in [4.69, 9.17) is 0 Å². The third-order valence-corrected chi connectivity index (χ3v) is 7.97. The topological polar surface area (TPSA) is 111 Å². The van der Waals surface area contributed by atoms with Crippen molar-refractivity contribution in [2.45, 2.75) is 88.4 Å². The lowest BCUT2D eigenvalue weighted by Gasteiger charge is -2.39. The zero-order valence-electron chi connectivity index (χ0n) is 21.4. The summed E-state index contributed by atoms with van der Waals surface area (Å²) in [4.78, 5) is 55.3. The van der Waals surface area contributed by atoms with Crippen molar-refractivity contribution in [2.24, 2.45) is 0 Å². The fraction of sp³-hybridized carbons (Fsp3) is 0.630. The number of carbonyl (C=O) groups is 4. The standard InChI is InChI=1S/C27H39N5O4/c1-3-24(33)29-22-17-31(27(36)28-2)16-15-19-13-14-23(32(19)26(22)35)25(34)30-21-12-8-7-11-20(21)18-9-5-4-6-10-18/h4-6,9-10,19-23H,3,7-8,11-17H2,1-2H3,(H,28,36)(H,29,33)(H,30,34). The molecule has 5 amide bonds. The third kappa shape index (κ3) is 5.65. The molecule has 3 fully saturated rings. The molecule has 0 aromatic heterocycles. The zero-order chi connectivity index (χ0) is 25.7. The number of carbonyl (C=O) groups excluding carboxylic acids is 4. The molecule has 0 radical (unpaired) electrons. The molecule has 5 unspecified atom stereocenters. The van der Waals surface area contributed by atoms with Gasteiger partial charge in [-0.05, 0) is 37.7 Å². The average Bonchev–Trinajstić information content (AvgIpc) is 3.33. The Labute approximate surface area is 213 Å². The van der Waals surface area contributed by atoms with E-state index in [9.17, 15) is 19.2 Å². The predicted molar refractivity (Wildman–Crippen MR) is 136 cm³/mol. The molecule has 36 heavy (non-hydrogen) atoms. The summed E-state index contributed by atoms with van der Waals surface area (Å²) >= 11 is 0. The second-order valence-electron chi connectivity index (χ2n) is 10.2. The number of urea groups is 1. The van der Waals surface area contributed by atoms with Crippen LogP contribution in [0.4, 0.5) is 4.79 Å². The van der Waals surface area contributed by atoms with Gasteiger partial charge in [-0.25, -0.2) is 4.79 Å². The van der Waals surface area contributed by atoms with E-state index in [0.29, 0.717) is 25.8 Å². The second-order valence-corrected chi connectivity index (χ2v) is 10.2. The van der Waals surface area contributed by atoms with E-state index < -0.39 is 12.1 Å².